The van der Waals surface area contributed by atoms with E-state index in [9.17, 15) is 4.79 Å². The molecule has 1 saturated carbocycles. The zero-order chi connectivity index (χ0) is 15.5. The van der Waals surface area contributed by atoms with Crippen molar-refractivity contribution in [1.82, 2.24) is 0 Å². The highest BCUT2D eigenvalue weighted by Gasteiger charge is 2.61. The fourth-order valence-corrected chi connectivity index (χ4v) is 2.67. The van der Waals surface area contributed by atoms with Crippen molar-refractivity contribution >= 4 is 5.97 Å². The highest BCUT2D eigenvalue weighted by Crippen LogP contribution is 2.59. The standard InChI is InChI=1S/C18H26O2/c1-8-10-13(5)15(9-2)20-17(19)16-14(11-12(3)4)18(16,6)7/h2,10-11,14-16H,8H2,1,3-7H3/t14-,15-,16+/m1/s1. The Kier molecular flexibility index (Phi) is 5.22. The smallest absolute Gasteiger partial charge is 0.311 e. The van der Waals surface area contributed by atoms with Crippen LogP contribution in [0.25, 0.3) is 0 Å². The van der Waals surface area contributed by atoms with Crippen LogP contribution >= 0.6 is 0 Å². The molecule has 1 aliphatic carbocycles. The lowest BCUT2D eigenvalue weighted by Gasteiger charge is -2.13. The van der Waals surface area contributed by atoms with E-state index in [0.29, 0.717) is 0 Å². The van der Waals surface area contributed by atoms with E-state index < -0.39 is 6.10 Å². The number of allylic oxidation sites excluding steroid dienone is 3. The van der Waals surface area contributed by atoms with Crippen molar-refractivity contribution in [2.24, 2.45) is 17.3 Å². The summed E-state index contributed by atoms with van der Waals surface area (Å²) in [7, 11) is 0. The van der Waals surface area contributed by atoms with Gasteiger partial charge >= 0.3 is 5.97 Å². The molecule has 0 bridgehead atoms. The SMILES string of the molecule is C#C[C@@H](OC(=O)[C@@H]1[C@@H](C=C(C)C)C1(C)C)C(C)=CCC. The van der Waals surface area contributed by atoms with Crippen molar-refractivity contribution in [2.45, 2.75) is 54.1 Å². The molecule has 3 atom stereocenters. The van der Waals surface area contributed by atoms with Crippen LogP contribution in [-0.2, 0) is 9.53 Å². The lowest BCUT2D eigenvalue weighted by atomic mass is 10.1. The summed E-state index contributed by atoms with van der Waals surface area (Å²) in [4.78, 5) is 12.3. The van der Waals surface area contributed by atoms with E-state index in [1.165, 1.54) is 5.57 Å². The van der Waals surface area contributed by atoms with E-state index in [4.69, 9.17) is 11.2 Å². The molecule has 0 N–H and O–H groups in total. The highest BCUT2D eigenvalue weighted by atomic mass is 16.5. The molecular weight excluding hydrogens is 248 g/mol. The van der Waals surface area contributed by atoms with E-state index in [0.717, 1.165) is 12.0 Å². The monoisotopic (exact) mass is 274 g/mol. The van der Waals surface area contributed by atoms with Gasteiger partial charge in [0.1, 0.15) is 0 Å². The summed E-state index contributed by atoms with van der Waals surface area (Å²) < 4.78 is 5.51. The van der Waals surface area contributed by atoms with E-state index in [-0.39, 0.29) is 23.2 Å². The van der Waals surface area contributed by atoms with Gasteiger partial charge in [-0.3, -0.25) is 4.79 Å². The van der Waals surface area contributed by atoms with Gasteiger partial charge in [-0.2, -0.15) is 0 Å². The third kappa shape index (κ3) is 3.54. The Bertz CT molecular complexity index is 470. The van der Waals surface area contributed by atoms with Crippen LogP contribution in [0, 0.1) is 29.6 Å². The molecule has 0 aliphatic heterocycles. The average molecular weight is 274 g/mol. The van der Waals surface area contributed by atoms with Crippen molar-refractivity contribution in [2.75, 3.05) is 0 Å². The zero-order valence-electron chi connectivity index (χ0n) is 13.5. The Morgan fingerprint density at radius 1 is 1.40 bits per heavy atom. The molecule has 2 heteroatoms. The van der Waals surface area contributed by atoms with E-state index in [1.54, 1.807) is 0 Å². The average Bonchev–Trinajstić information content (AvgIpc) is 2.86. The van der Waals surface area contributed by atoms with E-state index in [2.05, 4.69) is 39.7 Å². The van der Waals surface area contributed by atoms with Gasteiger partial charge in [-0.15, -0.1) is 6.42 Å². The maximum absolute atomic E-state index is 12.3. The highest BCUT2D eigenvalue weighted by molar-refractivity contribution is 5.79. The van der Waals surface area contributed by atoms with Crippen LogP contribution in [0.5, 0.6) is 0 Å². The van der Waals surface area contributed by atoms with Crippen molar-refractivity contribution < 1.29 is 9.53 Å². The molecule has 0 radical (unpaired) electrons. The number of hydrogen-bond acceptors (Lipinski definition) is 2. The van der Waals surface area contributed by atoms with Crippen molar-refractivity contribution in [3.05, 3.63) is 23.3 Å². The van der Waals surface area contributed by atoms with Crippen LogP contribution in [0.3, 0.4) is 0 Å². The minimum Gasteiger partial charge on any atom is -0.444 e. The van der Waals surface area contributed by atoms with Crippen molar-refractivity contribution in [3.63, 3.8) is 0 Å². The first kappa shape index (κ1) is 16.6. The lowest BCUT2D eigenvalue weighted by Crippen LogP contribution is -2.20. The summed E-state index contributed by atoms with van der Waals surface area (Å²) >= 11 is 0. The summed E-state index contributed by atoms with van der Waals surface area (Å²) in [6, 6.07) is 0. The number of hydrogen-bond donors (Lipinski definition) is 0. The second-order valence-electron chi connectivity index (χ2n) is 6.41. The molecule has 0 amide bonds. The lowest BCUT2D eigenvalue weighted by molar-refractivity contribution is -0.147. The molecule has 0 spiro atoms. The van der Waals surface area contributed by atoms with E-state index in [1.807, 2.05) is 19.9 Å². The number of esters is 1. The number of rotatable bonds is 5. The Labute approximate surface area is 123 Å². The van der Waals surface area contributed by atoms with Crippen LogP contribution in [0.1, 0.15) is 48.0 Å². The summed E-state index contributed by atoms with van der Waals surface area (Å²) in [5.74, 6) is 2.56. The van der Waals surface area contributed by atoms with Gasteiger partial charge in [-0.1, -0.05) is 44.4 Å². The van der Waals surface area contributed by atoms with Gasteiger partial charge in [-0.05, 0) is 44.1 Å². The molecule has 0 aromatic heterocycles. The zero-order valence-corrected chi connectivity index (χ0v) is 13.5. The second kappa shape index (κ2) is 6.31. The van der Waals surface area contributed by atoms with Crippen LogP contribution < -0.4 is 0 Å². The molecular formula is C18H26O2. The molecule has 20 heavy (non-hydrogen) atoms. The molecule has 0 aromatic rings. The van der Waals surface area contributed by atoms with Gasteiger partial charge in [0.2, 0.25) is 0 Å². The van der Waals surface area contributed by atoms with Gasteiger partial charge in [-0.25, -0.2) is 0 Å². The number of terminal acetylenes is 1. The van der Waals surface area contributed by atoms with Crippen LogP contribution in [0.15, 0.2) is 23.3 Å². The third-order valence-electron chi connectivity index (χ3n) is 4.00. The quantitative estimate of drug-likeness (QED) is 0.428. The summed E-state index contributed by atoms with van der Waals surface area (Å²) in [5, 5.41) is 0. The Morgan fingerprint density at radius 2 is 2.00 bits per heavy atom. The Hall–Kier alpha value is -1.49. The van der Waals surface area contributed by atoms with Crippen LogP contribution in [0.2, 0.25) is 0 Å². The van der Waals surface area contributed by atoms with Crippen molar-refractivity contribution in [1.29, 1.82) is 0 Å². The Balaban J connectivity index is 2.76. The van der Waals surface area contributed by atoms with Gasteiger partial charge in [0.15, 0.2) is 6.10 Å². The fraction of sp³-hybridized carbons (Fsp3) is 0.611. The maximum atomic E-state index is 12.3. The minimum atomic E-state index is -0.536. The Morgan fingerprint density at radius 3 is 2.45 bits per heavy atom. The van der Waals surface area contributed by atoms with Crippen molar-refractivity contribution in [3.8, 4) is 12.3 Å². The topological polar surface area (TPSA) is 26.3 Å². The molecule has 1 aliphatic rings. The first-order chi connectivity index (χ1) is 9.25. The first-order valence-corrected chi connectivity index (χ1v) is 7.24. The van der Waals surface area contributed by atoms with Crippen LogP contribution in [-0.4, -0.2) is 12.1 Å². The molecule has 0 aromatic carbocycles. The molecule has 0 unspecified atom stereocenters. The predicted molar refractivity (Wildman–Crippen MR) is 83.0 cm³/mol. The largest absolute Gasteiger partial charge is 0.444 e. The summed E-state index contributed by atoms with van der Waals surface area (Å²) in [6.45, 7) is 12.2. The third-order valence-corrected chi connectivity index (χ3v) is 4.00. The second-order valence-corrected chi connectivity index (χ2v) is 6.41. The van der Waals surface area contributed by atoms with Crippen LogP contribution in [0.4, 0.5) is 0 Å². The molecule has 1 fully saturated rings. The molecule has 1 rings (SSSR count). The summed E-state index contributed by atoms with van der Waals surface area (Å²) in [5.41, 5.74) is 2.13. The summed E-state index contributed by atoms with van der Waals surface area (Å²) in [6.07, 6.45) is 9.99. The molecule has 110 valence electrons. The normalized spacial score (nSPS) is 25.4. The number of ether oxygens (including phenoxy) is 1. The maximum Gasteiger partial charge on any atom is 0.311 e. The fourth-order valence-electron chi connectivity index (χ4n) is 2.67. The van der Waals surface area contributed by atoms with E-state index >= 15 is 0 Å². The van der Waals surface area contributed by atoms with Gasteiger partial charge < -0.3 is 4.74 Å². The minimum absolute atomic E-state index is 0.0319. The van der Waals surface area contributed by atoms with Gasteiger partial charge in [0, 0.05) is 0 Å². The molecule has 0 saturated heterocycles. The number of carbonyl (C=O) groups excluding carboxylic acids is 1. The van der Waals surface area contributed by atoms with Gasteiger partial charge in [0.05, 0.1) is 5.92 Å². The van der Waals surface area contributed by atoms with Gasteiger partial charge in [0.25, 0.3) is 0 Å². The molecule has 2 nitrogen and oxygen atoms in total. The molecule has 0 heterocycles. The first-order valence-electron chi connectivity index (χ1n) is 7.24. The number of carbonyl (C=O) groups is 1. The predicted octanol–water partition coefficient (Wildman–Crippen LogP) is 4.13.